The zero-order valence-corrected chi connectivity index (χ0v) is 17.2. The van der Waals surface area contributed by atoms with Crippen molar-refractivity contribution < 1.29 is 4.79 Å². The van der Waals surface area contributed by atoms with E-state index in [9.17, 15) is 4.79 Å². The van der Waals surface area contributed by atoms with E-state index in [4.69, 9.17) is 5.73 Å². The summed E-state index contributed by atoms with van der Waals surface area (Å²) in [6.45, 7) is 5.19. The molecule has 2 N–H and O–H groups in total. The lowest BCUT2D eigenvalue weighted by Gasteiger charge is -2.12. The van der Waals surface area contributed by atoms with E-state index < -0.39 is 0 Å². The molecule has 0 unspecified atom stereocenters. The van der Waals surface area contributed by atoms with Gasteiger partial charge in [0.2, 0.25) is 5.91 Å². The first-order valence-electron chi connectivity index (χ1n) is 10.5. The van der Waals surface area contributed by atoms with Crippen molar-refractivity contribution in [1.82, 2.24) is 4.57 Å². The van der Waals surface area contributed by atoms with Crippen molar-refractivity contribution >= 4 is 27.7 Å². The predicted molar refractivity (Wildman–Crippen MR) is 121 cm³/mol. The third-order valence-electron chi connectivity index (χ3n) is 5.87. The van der Waals surface area contributed by atoms with Gasteiger partial charge in [-0.3, -0.25) is 4.79 Å². The van der Waals surface area contributed by atoms with Crippen LogP contribution in [0.3, 0.4) is 0 Å². The van der Waals surface area contributed by atoms with E-state index in [0.717, 1.165) is 35.7 Å². The van der Waals surface area contributed by atoms with Gasteiger partial charge in [0.15, 0.2) is 0 Å². The molecule has 29 heavy (non-hydrogen) atoms. The van der Waals surface area contributed by atoms with Crippen LogP contribution in [0.25, 0.3) is 21.8 Å². The number of hydrogen-bond donors (Lipinski definition) is 1. The molecule has 3 heteroatoms. The number of unbranched alkanes of at least 4 members (excludes halogenated alkanes) is 1. The molecule has 0 saturated carbocycles. The zero-order valence-electron chi connectivity index (χ0n) is 17.2. The van der Waals surface area contributed by atoms with Crippen molar-refractivity contribution in [2.45, 2.75) is 46.1 Å². The molecule has 1 amide bonds. The summed E-state index contributed by atoms with van der Waals surface area (Å²) in [7, 11) is 0. The van der Waals surface area contributed by atoms with Gasteiger partial charge < -0.3 is 10.3 Å². The standard InChI is InChI=1S/C26H28N2O/c1-3-5-9-18-14-15-21-24(16-18)28(17-20-11-7-6-10-19(20)4-2)23-13-8-12-22(25(21)23)26(27)29/h6-8,10-16H,3-5,9,17H2,1-2H3,(H2,27,29). The predicted octanol–water partition coefficient (Wildman–Crippen LogP) is 5.85. The molecule has 0 aliphatic heterocycles. The summed E-state index contributed by atoms with van der Waals surface area (Å²) >= 11 is 0. The van der Waals surface area contributed by atoms with Gasteiger partial charge in [0.05, 0.1) is 5.52 Å². The second kappa shape index (κ2) is 8.12. The summed E-state index contributed by atoms with van der Waals surface area (Å²) in [6, 6.07) is 21.1. The van der Waals surface area contributed by atoms with Crippen LogP contribution >= 0.6 is 0 Å². The third-order valence-corrected chi connectivity index (χ3v) is 5.87. The van der Waals surface area contributed by atoms with Crippen molar-refractivity contribution in [2.24, 2.45) is 5.73 Å². The van der Waals surface area contributed by atoms with Gasteiger partial charge in [-0.15, -0.1) is 0 Å². The molecule has 3 aromatic carbocycles. The van der Waals surface area contributed by atoms with Crippen molar-refractivity contribution in [3.05, 3.63) is 82.9 Å². The highest BCUT2D eigenvalue weighted by Crippen LogP contribution is 2.33. The van der Waals surface area contributed by atoms with Crippen LogP contribution in [0.4, 0.5) is 0 Å². The van der Waals surface area contributed by atoms with Crippen molar-refractivity contribution in [1.29, 1.82) is 0 Å². The van der Waals surface area contributed by atoms with Gasteiger partial charge in [-0.05, 0) is 54.2 Å². The fourth-order valence-electron chi connectivity index (χ4n) is 4.33. The third kappa shape index (κ3) is 3.53. The average molecular weight is 385 g/mol. The zero-order chi connectivity index (χ0) is 20.4. The quantitative estimate of drug-likeness (QED) is 0.427. The molecule has 148 valence electrons. The maximum atomic E-state index is 12.1. The Morgan fingerprint density at radius 1 is 0.931 bits per heavy atom. The molecule has 1 heterocycles. The van der Waals surface area contributed by atoms with E-state index in [-0.39, 0.29) is 5.91 Å². The first kappa shape index (κ1) is 19.3. The number of rotatable bonds is 7. The van der Waals surface area contributed by atoms with Crippen molar-refractivity contribution in [2.75, 3.05) is 0 Å². The maximum absolute atomic E-state index is 12.1. The molecule has 0 fully saturated rings. The monoisotopic (exact) mass is 384 g/mol. The molecule has 0 aliphatic rings. The van der Waals surface area contributed by atoms with Gasteiger partial charge in [0.25, 0.3) is 0 Å². The van der Waals surface area contributed by atoms with Crippen LogP contribution < -0.4 is 5.73 Å². The van der Waals surface area contributed by atoms with Gasteiger partial charge in [-0.25, -0.2) is 0 Å². The Morgan fingerprint density at radius 3 is 2.45 bits per heavy atom. The van der Waals surface area contributed by atoms with Gasteiger partial charge in [-0.1, -0.05) is 62.7 Å². The van der Waals surface area contributed by atoms with Crippen LogP contribution in [0.2, 0.25) is 0 Å². The van der Waals surface area contributed by atoms with Crippen LogP contribution in [-0.4, -0.2) is 10.5 Å². The van der Waals surface area contributed by atoms with E-state index in [1.54, 1.807) is 0 Å². The highest BCUT2D eigenvalue weighted by molar-refractivity contribution is 6.18. The number of nitrogens with two attached hydrogens (primary N) is 1. The lowest BCUT2D eigenvalue weighted by Crippen LogP contribution is -2.11. The number of aryl methyl sites for hydroxylation is 2. The number of carbonyl (C=O) groups excluding carboxylic acids is 1. The van der Waals surface area contributed by atoms with E-state index >= 15 is 0 Å². The summed E-state index contributed by atoms with van der Waals surface area (Å²) in [4.78, 5) is 12.1. The molecule has 4 rings (SSSR count). The number of benzene rings is 3. The summed E-state index contributed by atoms with van der Waals surface area (Å²) in [5.41, 5.74) is 12.6. The van der Waals surface area contributed by atoms with Crippen molar-refractivity contribution in [3.8, 4) is 0 Å². The first-order valence-corrected chi connectivity index (χ1v) is 10.5. The molecular weight excluding hydrogens is 356 g/mol. The lowest BCUT2D eigenvalue weighted by atomic mass is 10.0. The van der Waals surface area contributed by atoms with Crippen LogP contribution in [0.1, 0.15) is 53.7 Å². The first-order chi connectivity index (χ1) is 14.1. The lowest BCUT2D eigenvalue weighted by molar-refractivity contribution is 0.100. The van der Waals surface area contributed by atoms with Crippen LogP contribution in [-0.2, 0) is 19.4 Å². The molecule has 4 aromatic rings. The summed E-state index contributed by atoms with van der Waals surface area (Å²) in [5, 5.41) is 2.06. The van der Waals surface area contributed by atoms with Crippen LogP contribution in [0, 0.1) is 0 Å². The van der Waals surface area contributed by atoms with Crippen molar-refractivity contribution in [3.63, 3.8) is 0 Å². The Hall–Kier alpha value is -3.07. The molecule has 0 radical (unpaired) electrons. The fraction of sp³-hybridized carbons (Fsp3) is 0.269. The minimum absolute atomic E-state index is 0.376. The highest BCUT2D eigenvalue weighted by atomic mass is 16.1. The number of carbonyl (C=O) groups is 1. The van der Waals surface area contributed by atoms with E-state index in [1.165, 1.54) is 35.0 Å². The molecule has 0 bridgehead atoms. The molecule has 0 spiro atoms. The van der Waals surface area contributed by atoms with E-state index in [1.807, 2.05) is 12.1 Å². The largest absolute Gasteiger partial charge is 0.366 e. The van der Waals surface area contributed by atoms with Gasteiger partial charge in [0.1, 0.15) is 0 Å². The normalized spacial score (nSPS) is 11.4. The van der Waals surface area contributed by atoms with Crippen LogP contribution in [0.5, 0.6) is 0 Å². The minimum Gasteiger partial charge on any atom is -0.366 e. The molecule has 3 nitrogen and oxygen atoms in total. The van der Waals surface area contributed by atoms with Gasteiger partial charge >= 0.3 is 0 Å². The molecular formula is C26H28N2O. The topological polar surface area (TPSA) is 48.0 Å². The number of aromatic nitrogens is 1. The van der Waals surface area contributed by atoms with E-state index in [0.29, 0.717) is 5.56 Å². The van der Waals surface area contributed by atoms with E-state index in [2.05, 4.69) is 66.9 Å². The Labute approximate surface area is 172 Å². The molecule has 0 saturated heterocycles. The minimum atomic E-state index is -0.376. The number of nitrogens with zero attached hydrogens (tertiary/aromatic N) is 1. The SMILES string of the molecule is CCCCc1ccc2c3c(C(N)=O)cccc3n(Cc3ccccc3CC)c2c1. The van der Waals surface area contributed by atoms with Gasteiger partial charge in [0, 0.05) is 28.4 Å². The number of amides is 1. The summed E-state index contributed by atoms with van der Waals surface area (Å²) < 4.78 is 2.35. The fourth-order valence-corrected chi connectivity index (χ4v) is 4.33. The number of hydrogen-bond acceptors (Lipinski definition) is 1. The summed E-state index contributed by atoms with van der Waals surface area (Å²) in [5.74, 6) is -0.376. The maximum Gasteiger partial charge on any atom is 0.249 e. The highest BCUT2D eigenvalue weighted by Gasteiger charge is 2.17. The molecule has 0 atom stereocenters. The Morgan fingerprint density at radius 2 is 1.72 bits per heavy atom. The van der Waals surface area contributed by atoms with Gasteiger partial charge in [-0.2, -0.15) is 0 Å². The summed E-state index contributed by atoms with van der Waals surface area (Å²) in [6.07, 6.45) is 4.43. The van der Waals surface area contributed by atoms with Crippen LogP contribution in [0.15, 0.2) is 60.7 Å². The number of fused-ring (bicyclic) bond motifs is 3. The number of primary amides is 1. The Bertz CT molecular complexity index is 1190. The Balaban J connectivity index is 1.98. The second-order valence-electron chi connectivity index (χ2n) is 7.73. The average Bonchev–Trinajstić information content (AvgIpc) is 3.05. The molecule has 0 aliphatic carbocycles. The smallest absolute Gasteiger partial charge is 0.249 e. The Kier molecular flexibility index (Phi) is 5.39. The molecule has 1 aromatic heterocycles. The second-order valence-corrected chi connectivity index (χ2v) is 7.73.